The van der Waals surface area contributed by atoms with Gasteiger partial charge in [0.25, 0.3) is 0 Å². The number of ketones is 1. The summed E-state index contributed by atoms with van der Waals surface area (Å²) in [7, 11) is 0. The molecule has 0 amide bonds. The number of fused-ring (bicyclic) bond motifs is 5. The van der Waals surface area contributed by atoms with Gasteiger partial charge in [-0.05, 0) is 44.1 Å². The van der Waals surface area contributed by atoms with Crippen molar-refractivity contribution >= 4 is 5.78 Å². The first-order chi connectivity index (χ1) is 8.81. The minimum absolute atomic E-state index is 0.131. The summed E-state index contributed by atoms with van der Waals surface area (Å²) in [6.07, 6.45) is 12.3. The normalized spacial score (nSPS) is 38.1. The maximum absolute atomic E-state index is 12.1. The van der Waals surface area contributed by atoms with Crippen molar-refractivity contribution in [1.29, 1.82) is 0 Å². The van der Waals surface area contributed by atoms with Crippen LogP contribution >= 0.6 is 0 Å². The molecule has 2 heteroatoms. The molecular formula is C16H22O2. The van der Waals surface area contributed by atoms with Crippen LogP contribution in [-0.4, -0.2) is 18.0 Å². The fourth-order valence-electron chi connectivity index (χ4n) is 5.02. The molecule has 2 aliphatic heterocycles. The van der Waals surface area contributed by atoms with E-state index in [0.717, 1.165) is 19.3 Å². The Bertz CT molecular complexity index is 415. The zero-order valence-electron chi connectivity index (χ0n) is 11.0. The molecule has 1 spiro atoms. The van der Waals surface area contributed by atoms with E-state index in [1.165, 1.54) is 50.5 Å². The topological polar surface area (TPSA) is 26.3 Å². The molecule has 0 radical (unpaired) electrons. The Morgan fingerprint density at radius 1 is 1.00 bits per heavy atom. The lowest BCUT2D eigenvalue weighted by atomic mass is 9.60. The first-order valence-corrected chi connectivity index (χ1v) is 7.72. The highest BCUT2D eigenvalue weighted by Gasteiger charge is 2.53. The van der Waals surface area contributed by atoms with E-state index >= 15 is 0 Å². The van der Waals surface area contributed by atoms with Crippen LogP contribution in [-0.2, 0) is 9.53 Å². The van der Waals surface area contributed by atoms with Crippen molar-refractivity contribution < 1.29 is 9.53 Å². The van der Waals surface area contributed by atoms with Crippen LogP contribution in [0.3, 0.4) is 0 Å². The van der Waals surface area contributed by atoms with Crippen LogP contribution in [0, 0.1) is 5.41 Å². The predicted octanol–water partition coefficient (Wildman–Crippen LogP) is 3.55. The smallest absolute Gasteiger partial charge is 0.165 e. The first-order valence-electron chi connectivity index (χ1n) is 7.72. The molecule has 98 valence electrons. The zero-order valence-corrected chi connectivity index (χ0v) is 11.0. The van der Waals surface area contributed by atoms with E-state index in [1.807, 2.05) is 0 Å². The van der Waals surface area contributed by atoms with Crippen LogP contribution in [0.5, 0.6) is 0 Å². The lowest BCUT2D eigenvalue weighted by Gasteiger charge is -2.51. The lowest BCUT2D eigenvalue weighted by Crippen LogP contribution is -2.52. The SMILES string of the molecule is O=C1CC[C@@H]2O[C@H]1C1=C(CCC1)C21CCCCC1. The van der Waals surface area contributed by atoms with Gasteiger partial charge in [-0.1, -0.05) is 24.8 Å². The number of ether oxygens (including phenoxy) is 1. The standard InChI is InChI=1S/C16H22O2/c17-13-7-8-14-16(9-2-1-3-10-16)12-6-4-5-11(12)15(13)18-14/h14-15H,1-10H2/t14-,15-/m0/s1. The molecule has 2 bridgehead atoms. The Balaban J connectivity index is 1.82. The summed E-state index contributed by atoms with van der Waals surface area (Å²) in [5.74, 6) is 0.353. The Labute approximate surface area is 109 Å². The fourth-order valence-corrected chi connectivity index (χ4v) is 5.02. The average Bonchev–Trinajstić information content (AvgIpc) is 2.89. The summed E-state index contributed by atoms with van der Waals surface area (Å²) in [5.41, 5.74) is 3.44. The van der Waals surface area contributed by atoms with Gasteiger partial charge in [-0.25, -0.2) is 0 Å². The Hall–Kier alpha value is -0.630. The summed E-state index contributed by atoms with van der Waals surface area (Å²) < 4.78 is 6.23. The molecule has 1 saturated carbocycles. The number of hydrogen-bond donors (Lipinski definition) is 0. The van der Waals surface area contributed by atoms with Crippen molar-refractivity contribution in [2.75, 3.05) is 0 Å². The number of hydrogen-bond acceptors (Lipinski definition) is 2. The quantitative estimate of drug-likeness (QED) is 0.611. The van der Waals surface area contributed by atoms with Gasteiger partial charge >= 0.3 is 0 Å². The summed E-state index contributed by atoms with van der Waals surface area (Å²) >= 11 is 0. The molecule has 0 aromatic rings. The molecule has 0 N–H and O–H groups in total. The van der Waals surface area contributed by atoms with E-state index in [2.05, 4.69) is 0 Å². The molecule has 4 aliphatic rings. The summed E-state index contributed by atoms with van der Waals surface area (Å²) in [5, 5.41) is 0. The molecule has 0 aromatic carbocycles. The van der Waals surface area contributed by atoms with Crippen molar-refractivity contribution in [3.63, 3.8) is 0 Å². The molecule has 4 rings (SSSR count). The molecule has 2 nitrogen and oxygen atoms in total. The third-order valence-electron chi connectivity index (χ3n) is 5.79. The van der Waals surface area contributed by atoms with Crippen molar-refractivity contribution in [1.82, 2.24) is 0 Å². The van der Waals surface area contributed by atoms with Crippen molar-refractivity contribution in [3.8, 4) is 0 Å². The van der Waals surface area contributed by atoms with Gasteiger partial charge in [-0.3, -0.25) is 4.79 Å². The molecule has 18 heavy (non-hydrogen) atoms. The highest BCUT2D eigenvalue weighted by molar-refractivity contribution is 5.87. The van der Waals surface area contributed by atoms with Crippen LogP contribution in [0.25, 0.3) is 0 Å². The van der Waals surface area contributed by atoms with E-state index in [1.54, 1.807) is 5.57 Å². The van der Waals surface area contributed by atoms with Crippen LogP contribution < -0.4 is 0 Å². The second-order valence-corrected chi connectivity index (χ2v) is 6.58. The van der Waals surface area contributed by atoms with Gasteiger partial charge in [0.2, 0.25) is 0 Å². The minimum atomic E-state index is -0.131. The monoisotopic (exact) mass is 246 g/mol. The van der Waals surface area contributed by atoms with Gasteiger partial charge in [-0.15, -0.1) is 0 Å². The number of carbonyl (C=O) groups is 1. The predicted molar refractivity (Wildman–Crippen MR) is 69.3 cm³/mol. The van der Waals surface area contributed by atoms with Gasteiger partial charge in [0.15, 0.2) is 5.78 Å². The molecule has 2 atom stereocenters. The highest BCUT2D eigenvalue weighted by Crippen LogP contribution is 2.57. The third kappa shape index (κ3) is 1.36. The van der Waals surface area contributed by atoms with E-state index < -0.39 is 0 Å². The van der Waals surface area contributed by atoms with Gasteiger partial charge in [0, 0.05) is 11.8 Å². The zero-order chi connectivity index (χ0) is 12.2. The fraction of sp³-hybridized carbons (Fsp3) is 0.812. The van der Waals surface area contributed by atoms with Crippen molar-refractivity contribution in [3.05, 3.63) is 11.1 Å². The summed E-state index contributed by atoms with van der Waals surface area (Å²) in [4.78, 5) is 12.1. The Morgan fingerprint density at radius 3 is 2.67 bits per heavy atom. The van der Waals surface area contributed by atoms with Gasteiger partial charge in [0.05, 0.1) is 6.10 Å². The van der Waals surface area contributed by atoms with Gasteiger partial charge < -0.3 is 4.74 Å². The maximum Gasteiger partial charge on any atom is 0.165 e. The van der Waals surface area contributed by atoms with E-state index in [4.69, 9.17) is 4.74 Å². The van der Waals surface area contributed by atoms with Crippen LogP contribution in [0.4, 0.5) is 0 Å². The van der Waals surface area contributed by atoms with E-state index in [-0.39, 0.29) is 6.10 Å². The molecule has 0 aromatic heterocycles. The van der Waals surface area contributed by atoms with E-state index in [0.29, 0.717) is 17.3 Å². The second-order valence-electron chi connectivity index (χ2n) is 6.58. The van der Waals surface area contributed by atoms with Crippen molar-refractivity contribution in [2.45, 2.75) is 76.4 Å². The van der Waals surface area contributed by atoms with E-state index in [9.17, 15) is 4.79 Å². The largest absolute Gasteiger partial charge is 0.362 e. The van der Waals surface area contributed by atoms with Crippen LogP contribution in [0.1, 0.15) is 64.2 Å². The molecular weight excluding hydrogens is 224 g/mol. The number of carbonyl (C=O) groups excluding carboxylic acids is 1. The van der Waals surface area contributed by atoms with Crippen LogP contribution in [0.2, 0.25) is 0 Å². The molecule has 2 aliphatic carbocycles. The Kier molecular flexibility index (Phi) is 2.45. The second kappa shape index (κ2) is 3.93. The molecule has 2 heterocycles. The lowest BCUT2D eigenvalue weighted by molar-refractivity contribution is -0.154. The number of Topliss-reactive ketones (excluding diaryl/α,β-unsaturated/α-hetero) is 1. The third-order valence-corrected chi connectivity index (χ3v) is 5.79. The summed E-state index contributed by atoms with van der Waals surface area (Å²) in [6, 6.07) is 0. The summed E-state index contributed by atoms with van der Waals surface area (Å²) in [6.45, 7) is 0. The highest BCUT2D eigenvalue weighted by atomic mass is 16.5. The minimum Gasteiger partial charge on any atom is -0.362 e. The first kappa shape index (κ1) is 11.2. The maximum atomic E-state index is 12.1. The molecule has 2 fully saturated rings. The molecule has 1 saturated heterocycles. The van der Waals surface area contributed by atoms with Gasteiger partial charge in [0.1, 0.15) is 6.10 Å². The average molecular weight is 246 g/mol. The number of rotatable bonds is 0. The van der Waals surface area contributed by atoms with Crippen LogP contribution in [0.15, 0.2) is 11.1 Å². The van der Waals surface area contributed by atoms with Crippen molar-refractivity contribution in [2.24, 2.45) is 5.41 Å². The van der Waals surface area contributed by atoms with Gasteiger partial charge in [-0.2, -0.15) is 0 Å². The Morgan fingerprint density at radius 2 is 1.83 bits per heavy atom. The molecule has 0 unspecified atom stereocenters.